The minimum Gasteiger partial charge on any atom is -0.388 e. The molecule has 0 unspecified atom stereocenters. The van der Waals surface area contributed by atoms with E-state index in [0.29, 0.717) is 11.5 Å². The largest absolute Gasteiger partial charge is 0.388 e. The summed E-state index contributed by atoms with van der Waals surface area (Å²) < 4.78 is 13.0. The number of nitrogens with zero attached hydrogens (tertiary/aromatic N) is 4. The first-order valence-electron chi connectivity index (χ1n) is 12.7. The summed E-state index contributed by atoms with van der Waals surface area (Å²) in [5.74, 6) is 0.664. The Morgan fingerprint density at radius 2 is 1.76 bits per heavy atom. The first-order valence-corrected chi connectivity index (χ1v) is 12.7. The van der Waals surface area contributed by atoms with Gasteiger partial charge < -0.3 is 29.6 Å². The third kappa shape index (κ3) is 4.96. The number of aliphatic hydroxyl groups excluding tert-OH is 2. The summed E-state index contributed by atoms with van der Waals surface area (Å²) in [4.78, 5) is 11.6. The van der Waals surface area contributed by atoms with E-state index in [0.717, 1.165) is 61.5 Å². The molecule has 2 aliphatic rings. The highest BCUT2D eigenvalue weighted by Gasteiger charge is 2.37. The summed E-state index contributed by atoms with van der Waals surface area (Å²) in [5, 5.41) is 24.9. The molecule has 37 heavy (non-hydrogen) atoms. The van der Waals surface area contributed by atoms with Gasteiger partial charge in [-0.05, 0) is 29.7 Å². The Hall–Kier alpha value is -3.34. The number of hydrogen-bond donors (Lipinski definition) is 3. The van der Waals surface area contributed by atoms with Crippen molar-refractivity contribution in [2.45, 2.75) is 24.9 Å². The fourth-order valence-corrected chi connectivity index (χ4v) is 5.04. The maximum Gasteiger partial charge on any atom is 0.164 e. The van der Waals surface area contributed by atoms with Crippen LogP contribution in [0.25, 0.3) is 22.2 Å². The highest BCUT2D eigenvalue weighted by molar-refractivity contribution is 6.02. The molecule has 9 heteroatoms. The number of anilines is 2. The van der Waals surface area contributed by atoms with E-state index in [-0.39, 0.29) is 6.61 Å². The summed E-state index contributed by atoms with van der Waals surface area (Å²) in [6, 6.07) is 18.4. The molecular weight excluding hydrogens is 470 g/mol. The molecule has 2 saturated heterocycles. The lowest BCUT2D eigenvalue weighted by Gasteiger charge is -2.26. The standard InChI is InChI=1S/C28H31N5O4/c34-23-17-37-28(25(23)35)33-16-22(20-4-2-1-3-5-20)24-26(29-18-30-27(24)33)31-21-8-6-19(7-9-21)10-11-32-12-14-36-15-13-32/h1-9,16,18,23,25,28,34-35H,10-15,17H2,(H,29,30,31)/t23-,25-,28-/m1/s1. The molecule has 9 nitrogen and oxygen atoms in total. The van der Waals surface area contributed by atoms with Crippen LogP contribution in [0.4, 0.5) is 11.5 Å². The van der Waals surface area contributed by atoms with E-state index in [1.807, 2.05) is 36.5 Å². The summed E-state index contributed by atoms with van der Waals surface area (Å²) in [5.41, 5.74) is 4.74. The van der Waals surface area contributed by atoms with Crippen LogP contribution in [0.1, 0.15) is 11.8 Å². The molecule has 6 rings (SSSR count). The average Bonchev–Trinajstić information content (AvgIpc) is 3.49. The van der Waals surface area contributed by atoms with E-state index in [4.69, 9.17) is 9.47 Å². The number of morpholine rings is 1. The van der Waals surface area contributed by atoms with Gasteiger partial charge in [-0.2, -0.15) is 0 Å². The van der Waals surface area contributed by atoms with Gasteiger partial charge in [0.05, 0.1) is 25.2 Å². The van der Waals surface area contributed by atoms with Crippen molar-refractivity contribution in [1.82, 2.24) is 19.4 Å². The Morgan fingerprint density at radius 1 is 0.973 bits per heavy atom. The number of rotatable bonds is 7. The molecule has 2 aromatic carbocycles. The Morgan fingerprint density at radius 3 is 2.49 bits per heavy atom. The molecule has 2 aliphatic heterocycles. The van der Waals surface area contributed by atoms with Crippen LogP contribution in [-0.4, -0.2) is 81.3 Å². The van der Waals surface area contributed by atoms with Crippen molar-refractivity contribution < 1.29 is 19.7 Å². The third-order valence-electron chi connectivity index (χ3n) is 7.13. The Kier molecular flexibility index (Phi) is 6.86. The number of aromatic nitrogens is 3. The number of ether oxygens (including phenoxy) is 2. The van der Waals surface area contributed by atoms with Crippen LogP contribution in [0.5, 0.6) is 0 Å². The predicted molar refractivity (Wildman–Crippen MR) is 141 cm³/mol. The number of nitrogens with one attached hydrogen (secondary N) is 1. The van der Waals surface area contributed by atoms with Gasteiger partial charge in [-0.25, -0.2) is 9.97 Å². The zero-order valence-corrected chi connectivity index (χ0v) is 20.5. The fourth-order valence-electron chi connectivity index (χ4n) is 5.04. The number of hydrogen-bond acceptors (Lipinski definition) is 8. The van der Waals surface area contributed by atoms with Crippen molar-refractivity contribution in [3.05, 3.63) is 72.7 Å². The third-order valence-corrected chi connectivity index (χ3v) is 7.13. The highest BCUT2D eigenvalue weighted by atomic mass is 16.5. The van der Waals surface area contributed by atoms with Crippen LogP contribution < -0.4 is 5.32 Å². The van der Waals surface area contributed by atoms with Crippen molar-refractivity contribution in [2.24, 2.45) is 0 Å². The lowest BCUT2D eigenvalue weighted by Crippen LogP contribution is -2.37. The van der Waals surface area contributed by atoms with Crippen LogP contribution in [0, 0.1) is 0 Å². The highest BCUT2D eigenvalue weighted by Crippen LogP contribution is 2.38. The number of aliphatic hydroxyl groups is 2. The van der Waals surface area contributed by atoms with Gasteiger partial charge in [-0.15, -0.1) is 0 Å². The van der Waals surface area contributed by atoms with Crippen molar-refractivity contribution >= 4 is 22.5 Å². The van der Waals surface area contributed by atoms with Gasteiger partial charge in [-0.3, -0.25) is 4.90 Å². The Balaban J connectivity index is 1.30. The summed E-state index contributed by atoms with van der Waals surface area (Å²) in [6.07, 6.45) is 1.70. The molecule has 0 radical (unpaired) electrons. The maximum atomic E-state index is 10.5. The van der Waals surface area contributed by atoms with Crippen molar-refractivity contribution in [3.63, 3.8) is 0 Å². The van der Waals surface area contributed by atoms with Gasteiger partial charge >= 0.3 is 0 Å². The monoisotopic (exact) mass is 501 g/mol. The van der Waals surface area contributed by atoms with Gasteiger partial charge in [0.15, 0.2) is 6.23 Å². The van der Waals surface area contributed by atoms with Gasteiger partial charge in [0, 0.05) is 37.1 Å². The number of benzene rings is 2. The Labute approximate surface area is 215 Å². The SMILES string of the molecule is O[C@@H]1[C@H](O)CO[C@H]1n1cc(-c2ccccc2)c2c(Nc3ccc(CCN4CCOCC4)cc3)ncnc21. The second-order valence-electron chi connectivity index (χ2n) is 9.54. The first kappa shape index (κ1) is 24.0. The quantitative estimate of drug-likeness (QED) is 0.355. The molecular formula is C28H31N5O4. The minimum absolute atomic E-state index is 0.0697. The smallest absolute Gasteiger partial charge is 0.164 e. The molecule has 4 heterocycles. The van der Waals surface area contributed by atoms with E-state index in [9.17, 15) is 10.2 Å². The lowest BCUT2D eigenvalue weighted by molar-refractivity contribution is -0.0159. The molecule has 3 atom stereocenters. The van der Waals surface area contributed by atoms with Crippen LogP contribution in [0.15, 0.2) is 67.1 Å². The van der Waals surface area contributed by atoms with E-state index >= 15 is 0 Å². The molecule has 4 aromatic rings. The molecule has 0 amide bonds. The lowest BCUT2D eigenvalue weighted by atomic mass is 10.1. The van der Waals surface area contributed by atoms with Crippen LogP contribution in [0.2, 0.25) is 0 Å². The van der Waals surface area contributed by atoms with Crippen molar-refractivity contribution in [1.29, 1.82) is 0 Å². The topological polar surface area (TPSA) is 105 Å². The van der Waals surface area contributed by atoms with Crippen molar-refractivity contribution in [3.8, 4) is 11.1 Å². The molecule has 0 saturated carbocycles. The first-order chi connectivity index (χ1) is 18.2. The molecule has 0 spiro atoms. The van der Waals surface area contributed by atoms with Crippen molar-refractivity contribution in [2.75, 3.05) is 44.8 Å². The molecule has 0 aliphatic carbocycles. The zero-order chi connectivity index (χ0) is 25.2. The summed E-state index contributed by atoms with van der Waals surface area (Å²) >= 11 is 0. The second kappa shape index (κ2) is 10.6. The van der Waals surface area contributed by atoms with Gasteiger partial charge in [-0.1, -0.05) is 42.5 Å². The van der Waals surface area contributed by atoms with Gasteiger partial charge in [0.25, 0.3) is 0 Å². The fraction of sp³-hybridized carbons (Fsp3) is 0.357. The predicted octanol–water partition coefficient (Wildman–Crippen LogP) is 2.97. The van der Waals surface area contributed by atoms with E-state index in [1.54, 1.807) is 4.57 Å². The summed E-state index contributed by atoms with van der Waals surface area (Å²) in [6.45, 7) is 4.72. The molecule has 192 valence electrons. The maximum absolute atomic E-state index is 10.5. The second-order valence-corrected chi connectivity index (χ2v) is 9.54. The molecule has 2 fully saturated rings. The molecule has 2 aromatic heterocycles. The van der Waals surface area contributed by atoms with Gasteiger partial charge in [0.1, 0.15) is 30.0 Å². The average molecular weight is 502 g/mol. The Bertz CT molecular complexity index is 1340. The van der Waals surface area contributed by atoms with Crippen LogP contribution in [-0.2, 0) is 15.9 Å². The minimum atomic E-state index is -1.05. The zero-order valence-electron chi connectivity index (χ0n) is 20.5. The molecule has 3 N–H and O–H groups in total. The normalized spacial score (nSPS) is 22.5. The number of fused-ring (bicyclic) bond motifs is 1. The van der Waals surface area contributed by atoms with E-state index < -0.39 is 18.4 Å². The summed E-state index contributed by atoms with van der Waals surface area (Å²) in [7, 11) is 0. The van der Waals surface area contributed by atoms with Gasteiger partial charge in [0.2, 0.25) is 0 Å². The van der Waals surface area contributed by atoms with E-state index in [1.165, 1.54) is 11.9 Å². The van der Waals surface area contributed by atoms with E-state index in [2.05, 4.69) is 44.5 Å². The van der Waals surface area contributed by atoms with Crippen LogP contribution in [0.3, 0.4) is 0 Å². The van der Waals surface area contributed by atoms with Crippen LogP contribution >= 0.6 is 0 Å². The molecule has 0 bridgehead atoms.